The molecule has 5 rings (SSSR count). The number of benzene rings is 1. The number of aryl methyl sites for hydroxylation is 1. The van der Waals surface area contributed by atoms with Crippen LogP contribution in [0.25, 0.3) is 10.9 Å². The highest BCUT2D eigenvalue weighted by atomic mass is 19.1. The fraction of sp³-hybridized carbons (Fsp3) is 0.500. The van der Waals surface area contributed by atoms with E-state index in [1.807, 2.05) is 0 Å². The molecular weight excluding hydrogens is 414 g/mol. The lowest BCUT2D eigenvalue weighted by molar-refractivity contribution is -0.116. The Balaban J connectivity index is 1.61. The molecule has 1 aromatic carbocycles. The number of hydrogen-bond donors (Lipinski definition) is 3. The molecule has 8 heteroatoms. The van der Waals surface area contributed by atoms with E-state index in [0.29, 0.717) is 10.9 Å². The fourth-order valence-corrected chi connectivity index (χ4v) is 5.47. The summed E-state index contributed by atoms with van der Waals surface area (Å²) in [7, 11) is 0. The molecule has 4 N–H and O–H groups in total. The number of alkyl halides is 1. The van der Waals surface area contributed by atoms with Gasteiger partial charge in [0.15, 0.2) is 0 Å². The maximum absolute atomic E-state index is 15.5. The average molecular weight is 440 g/mol. The van der Waals surface area contributed by atoms with E-state index >= 15 is 4.39 Å². The van der Waals surface area contributed by atoms with Gasteiger partial charge in [-0.3, -0.25) is 9.59 Å². The second-order valence-electron chi connectivity index (χ2n) is 9.41. The quantitative estimate of drug-likeness (QED) is 0.641. The van der Waals surface area contributed by atoms with Gasteiger partial charge in [-0.2, -0.15) is 0 Å². The highest BCUT2D eigenvalue weighted by Crippen LogP contribution is 2.56. The van der Waals surface area contributed by atoms with Gasteiger partial charge in [0.1, 0.15) is 12.0 Å². The molecule has 2 amide bonds. The number of nitrogens with zero attached hydrogens (tertiary/aromatic N) is 1. The summed E-state index contributed by atoms with van der Waals surface area (Å²) in [6.45, 7) is 1.82. The Morgan fingerprint density at radius 1 is 1.31 bits per heavy atom. The number of anilines is 1. The topological polar surface area (TPSA) is 91.2 Å². The van der Waals surface area contributed by atoms with Gasteiger partial charge in [-0.25, -0.2) is 8.78 Å². The van der Waals surface area contributed by atoms with Gasteiger partial charge in [-0.15, -0.1) is 0 Å². The number of nitrogens with two attached hydrogens (primary N) is 1. The van der Waals surface area contributed by atoms with Gasteiger partial charge in [-0.05, 0) is 62.0 Å². The number of carbonyl (C=O) groups excluding carboxylic acids is 2. The summed E-state index contributed by atoms with van der Waals surface area (Å²) in [5.74, 6) is 3.15. The van der Waals surface area contributed by atoms with Gasteiger partial charge in [0, 0.05) is 30.6 Å². The number of rotatable bonds is 3. The highest BCUT2D eigenvalue weighted by molar-refractivity contribution is 6.10. The van der Waals surface area contributed by atoms with Crippen molar-refractivity contribution in [3.8, 4) is 11.8 Å². The number of aromatic nitrogens is 1. The molecule has 0 radical (unpaired) electrons. The highest BCUT2D eigenvalue weighted by Gasteiger charge is 2.46. The van der Waals surface area contributed by atoms with Crippen LogP contribution < -0.4 is 16.0 Å². The van der Waals surface area contributed by atoms with Crippen molar-refractivity contribution in [3.05, 3.63) is 28.7 Å². The Hall–Kier alpha value is -3.08. The van der Waals surface area contributed by atoms with E-state index in [1.165, 1.54) is 0 Å². The molecule has 1 aromatic heterocycles. The number of halogens is 2. The molecule has 2 fully saturated rings. The summed E-state index contributed by atoms with van der Waals surface area (Å²) in [6.07, 6.45) is 3.92. The summed E-state index contributed by atoms with van der Waals surface area (Å²) in [5, 5.41) is 3.36. The molecule has 3 aliphatic rings. The zero-order valence-corrected chi connectivity index (χ0v) is 18.0. The van der Waals surface area contributed by atoms with Crippen LogP contribution in [-0.4, -0.2) is 42.1 Å². The van der Waals surface area contributed by atoms with Gasteiger partial charge < -0.3 is 20.9 Å². The van der Waals surface area contributed by atoms with Gasteiger partial charge in [-0.1, -0.05) is 5.92 Å². The third-order valence-electron chi connectivity index (χ3n) is 7.16. The number of nitrogens with one attached hydrogen (secondary N) is 2. The van der Waals surface area contributed by atoms with Crippen LogP contribution in [-0.2, 0) is 17.6 Å². The van der Waals surface area contributed by atoms with E-state index in [4.69, 9.17) is 5.73 Å². The molecule has 1 saturated carbocycles. The van der Waals surface area contributed by atoms with Crippen molar-refractivity contribution in [1.82, 2.24) is 10.3 Å². The molecule has 6 nitrogen and oxygen atoms in total. The number of aromatic amines is 1. The largest absolute Gasteiger partial charge is 0.366 e. The van der Waals surface area contributed by atoms with E-state index < -0.39 is 29.8 Å². The maximum Gasteiger partial charge on any atom is 0.296 e. The van der Waals surface area contributed by atoms with Crippen molar-refractivity contribution in [2.45, 2.75) is 57.7 Å². The van der Waals surface area contributed by atoms with Crippen molar-refractivity contribution in [2.24, 2.45) is 11.1 Å². The van der Waals surface area contributed by atoms with Crippen molar-refractivity contribution in [1.29, 1.82) is 0 Å². The summed E-state index contributed by atoms with van der Waals surface area (Å²) >= 11 is 0. The molecule has 1 spiro atoms. The lowest BCUT2D eigenvalue weighted by atomic mass is 9.83. The summed E-state index contributed by atoms with van der Waals surface area (Å²) < 4.78 is 30.2. The van der Waals surface area contributed by atoms with E-state index in [0.717, 1.165) is 49.4 Å². The normalized spacial score (nSPS) is 23.4. The van der Waals surface area contributed by atoms with Gasteiger partial charge >= 0.3 is 0 Å². The summed E-state index contributed by atoms with van der Waals surface area (Å²) in [5.41, 5.74) is 8.76. The molecule has 0 bridgehead atoms. The third kappa shape index (κ3) is 3.50. The molecule has 32 heavy (non-hydrogen) atoms. The minimum absolute atomic E-state index is 0.0128. The monoisotopic (exact) mass is 440 g/mol. The average Bonchev–Trinajstić information content (AvgIpc) is 3.37. The SMILES string of the molecule is CC#CC(=O)N[C@H]1C[C@H](F)CN(c2c(F)cc(C(N)=O)c3[nH]c4c(c23)CC2(CC4)CC2)C1. The zero-order valence-electron chi connectivity index (χ0n) is 18.0. The van der Waals surface area contributed by atoms with Crippen LogP contribution in [0.5, 0.6) is 0 Å². The standard InChI is InChI=1S/C24H26F2N4O2/c1-2-3-19(31)28-14-8-13(25)11-30(12-14)22-17(26)9-15(23(27)32)21-20(22)16-10-24(6-7-24)5-4-18(16)29-21/h9,13-14,29H,4-8,10-12H2,1H3,(H2,27,32)(H,28,31)/t13-,14-/m0/s1. The minimum atomic E-state index is -1.24. The second kappa shape index (κ2) is 7.51. The fourth-order valence-electron chi connectivity index (χ4n) is 5.47. The molecule has 1 aliphatic heterocycles. The number of H-pyrrole nitrogens is 1. The number of carbonyl (C=O) groups is 2. The molecule has 2 atom stereocenters. The van der Waals surface area contributed by atoms with Crippen LogP contribution in [0.3, 0.4) is 0 Å². The van der Waals surface area contributed by atoms with E-state index in [2.05, 4.69) is 22.1 Å². The van der Waals surface area contributed by atoms with Crippen molar-refractivity contribution >= 4 is 28.4 Å². The first-order chi connectivity index (χ1) is 15.3. The van der Waals surface area contributed by atoms with Gasteiger partial charge in [0.25, 0.3) is 11.8 Å². The number of primary amides is 1. The van der Waals surface area contributed by atoms with E-state index in [1.54, 1.807) is 11.8 Å². The van der Waals surface area contributed by atoms with Crippen LogP contribution in [0.4, 0.5) is 14.5 Å². The second-order valence-corrected chi connectivity index (χ2v) is 9.41. The molecule has 168 valence electrons. The number of hydrogen-bond acceptors (Lipinski definition) is 3. The van der Waals surface area contributed by atoms with Gasteiger partial charge in [0.2, 0.25) is 0 Å². The molecular formula is C24H26F2N4O2. The summed E-state index contributed by atoms with van der Waals surface area (Å²) in [4.78, 5) is 29.0. The van der Waals surface area contributed by atoms with Crippen molar-refractivity contribution < 1.29 is 18.4 Å². The minimum Gasteiger partial charge on any atom is -0.366 e. The van der Waals surface area contributed by atoms with E-state index in [9.17, 15) is 14.0 Å². The molecule has 1 saturated heterocycles. The Morgan fingerprint density at radius 3 is 2.78 bits per heavy atom. The Morgan fingerprint density at radius 2 is 2.09 bits per heavy atom. The number of piperidine rings is 1. The van der Waals surface area contributed by atoms with Crippen molar-refractivity contribution in [3.63, 3.8) is 0 Å². The van der Waals surface area contributed by atoms with Crippen LogP contribution in [0.2, 0.25) is 0 Å². The Labute approximate surface area is 184 Å². The first-order valence-corrected chi connectivity index (χ1v) is 11.1. The lowest BCUT2D eigenvalue weighted by Gasteiger charge is -2.37. The van der Waals surface area contributed by atoms with Gasteiger partial charge in [0.05, 0.1) is 22.8 Å². The van der Waals surface area contributed by atoms with Crippen LogP contribution >= 0.6 is 0 Å². The predicted molar refractivity (Wildman–Crippen MR) is 118 cm³/mol. The molecule has 2 heterocycles. The molecule has 0 unspecified atom stereocenters. The van der Waals surface area contributed by atoms with Crippen LogP contribution in [0, 0.1) is 23.1 Å². The lowest BCUT2D eigenvalue weighted by Crippen LogP contribution is -2.52. The predicted octanol–water partition coefficient (Wildman–Crippen LogP) is 2.73. The Bertz CT molecular complexity index is 1190. The molecule has 2 aromatic rings. The number of amides is 2. The first-order valence-electron chi connectivity index (χ1n) is 11.1. The first kappa shape index (κ1) is 20.8. The summed E-state index contributed by atoms with van der Waals surface area (Å²) in [6, 6.07) is 0.647. The van der Waals surface area contributed by atoms with Crippen LogP contribution in [0.15, 0.2) is 6.07 Å². The third-order valence-corrected chi connectivity index (χ3v) is 7.16. The van der Waals surface area contributed by atoms with Crippen LogP contribution in [0.1, 0.15) is 54.2 Å². The zero-order chi connectivity index (χ0) is 22.6. The Kier molecular flexibility index (Phi) is 4.88. The smallest absolute Gasteiger partial charge is 0.296 e. The maximum atomic E-state index is 15.5. The molecule has 2 aliphatic carbocycles. The van der Waals surface area contributed by atoms with E-state index in [-0.39, 0.29) is 36.2 Å². The van der Waals surface area contributed by atoms with Crippen molar-refractivity contribution in [2.75, 3.05) is 18.0 Å². The number of fused-ring (bicyclic) bond motifs is 3.